The maximum Gasteiger partial charge on any atom is 0.280 e. The van der Waals surface area contributed by atoms with Gasteiger partial charge in [-0.2, -0.15) is 10.3 Å². The van der Waals surface area contributed by atoms with E-state index in [0.717, 1.165) is 18.4 Å². The van der Waals surface area contributed by atoms with E-state index in [4.69, 9.17) is 9.72 Å². The Labute approximate surface area is 188 Å². The van der Waals surface area contributed by atoms with Crippen molar-refractivity contribution in [2.24, 2.45) is 4.99 Å². The molecule has 9 nitrogen and oxygen atoms in total. The van der Waals surface area contributed by atoms with E-state index >= 15 is 0 Å². The number of ether oxygens (including phenoxy) is 1. The largest absolute Gasteiger partial charge is 0.376 e. The lowest BCUT2D eigenvalue weighted by molar-refractivity contribution is 0.0952. The number of fused-ring (bicyclic) bond motifs is 2. The predicted octanol–water partition coefficient (Wildman–Crippen LogP) is 2.14. The topological polar surface area (TPSA) is 115 Å². The van der Waals surface area contributed by atoms with Crippen molar-refractivity contribution < 1.29 is 9.53 Å². The minimum absolute atomic E-state index is 0.115. The van der Waals surface area contributed by atoms with E-state index in [0.29, 0.717) is 30.0 Å². The van der Waals surface area contributed by atoms with Crippen molar-refractivity contribution >= 4 is 22.6 Å². The van der Waals surface area contributed by atoms with Crippen molar-refractivity contribution in [3.8, 4) is 6.07 Å². The van der Waals surface area contributed by atoms with Crippen molar-refractivity contribution in [2.45, 2.75) is 32.4 Å². The third kappa shape index (κ3) is 3.70. The van der Waals surface area contributed by atoms with Gasteiger partial charge in [0.25, 0.3) is 11.5 Å². The number of hydrogen-bond acceptors (Lipinski definition) is 6. The molecule has 1 aliphatic rings. The summed E-state index contributed by atoms with van der Waals surface area (Å²) in [6.07, 6.45) is 6.25. The van der Waals surface area contributed by atoms with Crippen LogP contribution >= 0.6 is 0 Å². The second kappa shape index (κ2) is 8.41. The lowest BCUT2D eigenvalue weighted by atomic mass is 10.2. The van der Waals surface area contributed by atoms with E-state index in [9.17, 15) is 14.9 Å². The number of nitriles is 1. The van der Waals surface area contributed by atoms with Gasteiger partial charge < -0.3 is 9.30 Å². The highest BCUT2D eigenvalue weighted by atomic mass is 16.5. The number of amides is 1. The lowest BCUT2D eigenvalue weighted by Gasteiger charge is -2.17. The van der Waals surface area contributed by atoms with Gasteiger partial charge >= 0.3 is 0 Å². The molecule has 164 valence electrons. The van der Waals surface area contributed by atoms with Gasteiger partial charge in [-0.3, -0.25) is 19.0 Å². The summed E-state index contributed by atoms with van der Waals surface area (Å²) in [4.78, 5) is 39.2. The van der Waals surface area contributed by atoms with Crippen LogP contribution in [0.5, 0.6) is 0 Å². The molecule has 5 heterocycles. The molecule has 0 N–H and O–H groups in total. The molecule has 0 aromatic carbocycles. The van der Waals surface area contributed by atoms with Gasteiger partial charge in [0.05, 0.1) is 29.2 Å². The summed E-state index contributed by atoms with van der Waals surface area (Å²) in [5.74, 6) is -0.534. The van der Waals surface area contributed by atoms with Gasteiger partial charge in [-0.15, -0.1) is 0 Å². The number of nitrogens with zero attached hydrogens (tertiary/aromatic N) is 6. The first kappa shape index (κ1) is 20.7. The zero-order valence-electron chi connectivity index (χ0n) is 17.9. The normalized spacial score (nSPS) is 16.4. The van der Waals surface area contributed by atoms with Crippen LogP contribution in [0.4, 0.5) is 0 Å². The molecule has 33 heavy (non-hydrogen) atoms. The van der Waals surface area contributed by atoms with Gasteiger partial charge in [-0.05, 0) is 49.6 Å². The maximum atomic E-state index is 13.3. The molecule has 0 radical (unpaired) electrons. The van der Waals surface area contributed by atoms with Crippen LogP contribution in [0.25, 0.3) is 16.7 Å². The average Bonchev–Trinajstić information content (AvgIpc) is 3.35. The van der Waals surface area contributed by atoms with Crippen LogP contribution in [-0.2, 0) is 11.3 Å². The monoisotopic (exact) mass is 440 g/mol. The van der Waals surface area contributed by atoms with E-state index in [2.05, 4.69) is 16.0 Å². The molecule has 5 rings (SSSR count). The second-order valence-corrected chi connectivity index (χ2v) is 7.94. The summed E-state index contributed by atoms with van der Waals surface area (Å²) in [7, 11) is 0. The minimum Gasteiger partial charge on any atom is -0.376 e. The van der Waals surface area contributed by atoms with Crippen molar-refractivity contribution in [3.63, 3.8) is 0 Å². The molecular weight excluding hydrogens is 420 g/mol. The van der Waals surface area contributed by atoms with Crippen molar-refractivity contribution in [2.75, 3.05) is 6.61 Å². The van der Waals surface area contributed by atoms with Gasteiger partial charge in [0.15, 0.2) is 5.49 Å². The summed E-state index contributed by atoms with van der Waals surface area (Å²) in [6.45, 7) is 2.83. The molecule has 1 amide bonds. The van der Waals surface area contributed by atoms with Gasteiger partial charge in [0.1, 0.15) is 17.4 Å². The Balaban J connectivity index is 1.86. The third-order valence-corrected chi connectivity index (χ3v) is 5.75. The molecule has 0 spiro atoms. The molecule has 0 bridgehead atoms. The molecule has 0 aliphatic carbocycles. The van der Waals surface area contributed by atoms with Crippen molar-refractivity contribution in [3.05, 3.63) is 81.5 Å². The molecule has 1 atom stereocenters. The minimum atomic E-state index is -0.534. The van der Waals surface area contributed by atoms with E-state index in [1.54, 1.807) is 35.2 Å². The van der Waals surface area contributed by atoms with E-state index < -0.39 is 5.91 Å². The highest BCUT2D eigenvalue weighted by Crippen LogP contribution is 2.17. The summed E-state index contributed by atoms with van der Waals surface area (Å²) >= 11 is 0. The Kier molecular flexibility index (Phi) is 5.28. The Bertz CT molecular complexity index is 1560. The molecule has 1 fully saturated rings. The number of carbonyl (C=O) groups is 1. The van der Waals surface area contributed by atoms with E-state index in [1.807, 2.05) is 13.0 Å². The van der Waals surface area contributed by atoms with Crippen molar-refractivity contribution in [1.29, 1.82) is 5.26 Å². The standard InChI is InChI=1S/C24H20N6O3/c1-15-5-3-9-29-20(15)27-22-19(24(29)32)11-17(12-25)21(30(22)14-18-7-4-10-33-18)28-23(31)16-6-2-8-26-13-16/h2-3,5-6,8-9,11,13,18H,4,7,10,14H2,1H3/t18-/m0/s1. The summed E-state index contributed by atoms with van der Waals surface area (Å²) in [5.41, 5.74) is 1.97. The van der Waals surface area contributed by atoms with Gasteiger partial charge in [0, 0.05) is 25.2 Å². The van der Waals surface area contributed by atoms with Gasteiger partial charge in [-0.1, -0.05) is 6.07 Å². The fourth-order valence-electron chi connectivity index (χ4n) is 4.10. The summed E-state index contributed by atoms with van der Waals surface area (Å²) < 4.78 is 8.95. The van der Waals surface area contributed by atoms with Crippen LogP contribution in [-0.4, -0.2) is 37.6 Å². The summed E-state index contributed by atoms with van der Waals surface area (Å²) in [6, 6.07) is 10.5. The second-order valence-electron chi connectivity index (χ2n) is 7.94. The Morgan fingerprint density at radius 2 is 2.21 bits per heavy atom. The number of carbonyl (C=O) groups excluding carboxylic acids is 1. The fourth-order valence-corrected chi connectivity index (χ4v) is 4.10. The number of rotatable bonds is 3. The van der Waals surface area contributed by atoms with E-state index in [-0.39, 0.29) is 28.1 Å². The predicted molar refractivity (Wildman–Crippen MR) is 120 cm³/mol. The Morgan fingerprint density at radius 1 is 1.33 bits per heavy atom. The quantitative estimate of drug-likeness (QED) is 0.451. The third-order valence-electron chi connectivity index (χ3n) is 5.75. The van der Waals surface area contributed by atoms with Crippen LogP contribution < -0.4 is 11.0 Å². The number of aryl methyl sites for hydroxylation is 1. The smallest absolute Gasteiger partial charge is 0.280 e. The summed E-state index contributed by atoms with van der Waals surface area (Å²) in [5, 5.41) is 10.2. The Morgan fingerprint density at radius 3 is 2.94 bits per heavy atom. The molecule has 0 unspecified atom stereocenters. The highest BCUT2D eigenvalue weighted by molar-refractivity contribution is 5.94. The fraction of sp³-hybridized carbons (Fsp3) is 0.250. The van der Waals surface area contributed by atoms with Crippen LogP contribution in [0.2, 0.25) is 0 Å². The molecular formula is C24H20N6O3. The molecule has 4 aromatic rings. The molecule has 1 aliphatic heterocycles. The first-order valence-corrected chi connectivity index (χ1v) is 10.6. The SMILES string of the molecule is Cc1cccn2c(=O)c3cc(C#N)c(=NC(=O)c4cccnc4)n(C[C@@H]4CCCO4)c3nc12. The highest BCUT2D eigenvalue weighted by Gasteiger charge is 2.21. The molecule has 0 saturated carbocycles. The van der Waals surface area contributed by atoms with Gasteiger partial charge in [-0.25, -0.2) is 4.98 Å². The van der Waals surface area contributed by atoms with Crippen LogP contribution in [0.15, 0.2) is 58.7 Å². The molecule has 4 aromatic heterocycles. The molecule has 1 saturated heterocycles. The lowest BCUT2D eigenvalue weighted by Crippen LogP contribution is -2.33. The van der Waals surface area contributed by atoms with Crippen LogP contribution in [0.3, 0.4) is 0 Å². The van der Waals surface area contributed by atoms with Crippen LogP contribution in [0.1, 0.15) is 34.3 Å². The zero-order chi connectivity index (χ0) is 22.9. The number of pyridine rings is 3. The van der Waals surface area contributed by atoms with Gasteiger partial charge in [0.2, 0.25) is 0 Å². The average molecular weight is 440 g/mol. The Hall–Kier alpha value is -4.16. The van der Waals surface area contributed by atoms with Crippen LogP contribution in [0, 0.1) is 18.3 Å². The first-order chi connectivity index (χ1) is 16.1. The zero-order valence-corrected chi connectivity index (χ0v) is 17.9. The van der Waals surface area contributed by atoms with Crippen molar-refractivity contribution in [1.82, 2.24) is 18.9 Å². The molecule has 9 heteroatoms. The first-order valence-electron chi connectivity index (χ1n) is 10.6. The maximum absolute atomic E-state index is 13.3. The van der Waals surface area contributed by atoms with E-state index in [1.165, 1.54) is 16.7 Å². The number of aromatic nitrogens is 4. The number of hydrogen-bond donors (Lipinski definition) is 0.